The van der Waals surface area contributed by atoms with Gasteiger partial charge < -0.3 is 10.4 Å². The van der Waals surface area contributed by atoms with E-state index in [0.717, 1.165) is 16.7 Å². The summed E-state index contributed by atoms with van der Waals surface area (Å²) in [5.41, 5.74) is 4.96. The Morgan fingerprint density at radius 1 is 0.750 bits per heavy atom. The lowest BCUT2D eigenvalue weighted by molar-refractivity contribution is 0.100. The monoisotopic (exact) mass is 406 g/mol. The first-order chi connectivity index (χ1) is 12.8. The summed E-state index contributed by atoms with van der Waals surface area (Å²) in [7, 11) is 0. The van der Waals surface area contributed by atoms with Gasteiger partial charge in [0.1, 0.15) is 0 Å². The number of hydrogen-bond acceptors (Lipinski definition) is 6. The third kappa shape index (κ3) is 9.23. The van der Waals surface area contributed by atoms with Gasteiger partial charge >= 0.3 is 0 Å². The minimum absolute atomic E-state index is 0. The lowest BCUT2D eigenvalue weighted by atomic mass is 10.1. The molecule has 6 nitrogen and oxygen atoms in total. The van der Waals surface area contributed by atoms with Crippen LogP contribution in [0.1, 0.15) is 59.5 Å². The van der Waals surface area contributed by atoms with Gasteiger partial charge in [-0.2, -0.15) is 0 Å². The van der Waals surface area contributed by atoms with Crippen LogP contribution in [0.2, 0.25) is 0 Å². The summed E-state index contributed by atoms with van der Waals surface area (Å²) >= 11 is 0. The summed E-state index contributed by atoms with van der Waals surface area (Å²) in [4.78, 5) is 21.7. The van der Waals surface area contributed by atoms with E-state index in [1.807, 2.05) is 31.2 Å². The molecule has 0 aliphatic rings. The smallest absolute Gasteiger partial charge is 0.159 e. The van der Waals surface area contributed by atoms with Crippen molar-refractivity contribution in [1.82, 2.24) is 0 Å². The second-order valence-corrected chi connectivity index (χ2v) is 5.73. The van der Waals surface area contributed by atoms with Crippen LogP contribution in [0.5, 0.6) is 0 Å². The van der Waals surface area contributed by atoms with Gasteiger partial charge in [-0.05, 0) is 38.8 Å². The van der Waals surface area contributed by atoms with E-state index < -0.39 is 0 Å². The molecular weight excluding hydrogens is 380 g/mol. The van der Waals surface area contributed by atoms with Crippen LogP contribution in [-0.4, -0.2) is 27.7 Å². The molecule has 152 valence electrons. The van der Waals surface area contributed by atoms with Crippen LogP contribution in [-0.2, 0) is 0 Å². The number of halogens is 1. The zero-order valence-corrected chi connectivity index (χ0v) is 17.3. The Hall–Kier alpha value is -2.80. The highest BCUT2D eigenvalue weighted by Crippen LogP contribution is 2.12. The minimum atomic E-state index is 0. The number of Topliss-reactive ketones (excluding diaryl/α,β-unsaturated/α-hetero) is 2. The van der Waals surface area contributed by atoms with Gasteiger partial charge in [0.05, 0.1) is 5.71 Å². The van der Waals surface area contributed by atoms with Crippen LogP contribution < -0.4 is 5.90 Å². The first-order valence-corrected chi connectivity index (χ1v) is 8.09. The Kier molecular flexibility index (Phi) is 14.0. The molecule has 0 bridgehead atoms. The van der Waals surface area contributed by atoms with E-state index >= 15 is 0 Å². The molecular formula is C21H27ClN2O4. The van der Waals surface area contributed by atoms with Crippen LogP contribution in [0.15, 0.2) is 60.3 Å². The summed E-state index contributed by atoms with van der Waals surface area (Å²) < 4.78 is 0. The Balaban J connectivity index is 0. The molecule has 0 amide bonds. The number of rotatable bonds is 4. The van der Waals surface area contributed by atoms with Gasteiger partial charge in [0.2, 0.25) is 0 Å². The zero-order valence-electron chi connectivity index (χ0n) is 16.5. The van der Waals surface area contributed by atoms with Crippen molar-refractivity contribution >= 4 is 35.3 Å². The molecule has 0 aliphatic heterocycles. The Morgan fingerprint density at radius 2 is 1.04 bits per heavy atom. The van der Waals surface area contributed by atoms with Crippen molar-refractivity contribution in [3.8, 4) is 0 Å². The van der Waals surface area contributed by atoms with E-state index in [-0.39, 0.29) is 24.0 Å². The number of oxime groups is 1. The van der Waals surface area contributed by atoms with Crippen molar-refractivity contribution in [1.29, 1.82) is 0 Å². The number of nitrogens with two attached hydrogens (primary N) is 1. The van der Waals surface area contributed by atoms with Crippen molar-refractivity contribution in [2.45, 2.75) is 27.7 Å². The molecule has 28 heavy (non-hydrogen) atoms. The van der Waals surface area contributed by atoms with Gasteiger partial charge in [-0.3, -0.25) is 9.59 Å². The Labute approximate surface area is 171 Å². The highest BCUT2D eigenvalue weighted by molar-refractivity contribution is 5.98. The van der Waals surface area contributed by atoms with Crippen molar-refractivity contribution in [3.05, 3.63) is 77.4 Å². The average molecular weight is 407 g/mol. The summed E-state index contributed by atoms with van der Waals surface area (Å²) in [6.45, 7) is 10.6. The SMILES string of the molecule is C=C(C)c1ccc(/C(C)=N\O)cc1.CC(=O)c1ccc(C(C)=O)cc1.Cl.NO. The van der Waals surface area contributed by atoms with E-state index in [9.17, 15) is 9.59 Å². The van der Waals surface area contributed by atoms with E-state index in [1.54, 1.807) is 31.2 Å². The highest BCUT2D eigenvalue weighted by Gasteiger charge is 2.01. The highest BCUT2D eigenvalue weighted by atomic mass is 35.5. The number of carbonyl (C=O) groups is 2. The maximum atomic E-state index is 10.8. The molecule has 2 aromatic rings. The second kappa shape index (κ2) is 14.3. The molecule has 4 N–H and O–H groups in total. The number of ketones is 2. The van der Waals surface area contributed by atoms with E-state index in [4.69, 9.17) is 10.4 Å². The van der Waals surface area contributed by atoms with E-state index in [0.29, 0.717) is 16.8 Å². The molecule has 0 atom stereocenters. The fourth-order valence-electron chi connectivity index (χ4n) is 1.99. The van der Waals surface area contributed by atoms with Crippen molar-refractivity contribution in [2.24, 2.45) is 11.1 Å². The third-order valence-corrected chi connectivity index (χ3v) is 3.64. The van der Waals surface area contributed by atoms with Gasteiger partial charge in [-0.25, -0.2) is 5.90 Å². The second-order valence-electron chi connectivity index (χ2n) is 5.73. The lowest BCUT2D eigenvalue weighted by Gasteiger charge is -2.01. The predicted octanol–water partition coefficient (Wildman–Crippen LogP) is 4.77. The number of carbonyl (C=O) groups excluding carboxylic acids is 2. The fraction of sp³-hybridized carbons (Fsp3) is 0.190. The largest absolute Gasteiger partial charge is 0.411 e. The number of hydrogen-bond donors (Lipinski definition) is 3. The molecule has 0 aromatic heterocycles. The lowest BCUT2D eigenvalue weighted by Crippen LogP contribution is -1.95. The van der Waals surface area contributed by atoms with Gasteiger partial charge in [0.25, 0.3) is 0 Å². The summed E-state index contributed by atoms with van der Waals surface area (Å²) in [6.07, 6.45) is 0. The maximum Gasteiger partial charge on any atom is 0.159 e. The number of allylic oxidation sites excluding steroid dienone is 1. The average Bonchev–Trinajstić information content (AvgIpc) is 2.69. The van der Waals surface area contributed by atoms with Crippen LogP contribution >= 0.6 is 12.4 Å². The molecule has 2 rings (SSSR count). The van der Waals surface area contributed by atoms with E-state index in [1.165, 1.54) is 13.8 Å². The predicted molar refractivity (Wildman–Crippen MR) is 115 cm³/mol. The van der Waals surface area contributed by atoms with Crippen LogP contribution in [0.4, 0.5) is 0 Å². The topological polar surface area (TPSA) is 113 Å². The van der Waals surface area contributed by atoms with Crippen LogP contribution in [0.25, 0.3) is 5.57 Å². The van der Waals surface area contributed by atoms with Crippen molar-refractivity contribution in [3.63, 3.8) is 0 Å². The van der Waals surface area contributed by atoms with Crippen molar-refractivity contribution < 1.29 is 20.0 Å². The molecule has 0 spiro atoms. The van der Waals surface area contributed by atoms with Crippen molar-refractivity contribution in [2.75, 3.05) is 0 Å². The van der Waals surface area contributed by atoms with Gasteiger partial charge in [0, 0.05) is 11.1 Å². The van der Waals surface area contributed by atoms with Gasteiger partial charge in [-0.15, -0.1) is 12.4 Å². The summed E-state index contributed by atoms with van der Waals surface area (Å²) in [5, 5.41) is 18.2. The standard InChI is InChI=1S/C11H13NO.C10H10O2.ClH.H3NO/c1-8(2)10-4-6-11(7-5-10)9(3)12-13;1-7(11)9-3-5-10(6-4-9)8(2)12;;1-2/h4-7,13H,1H2,2-3H3;3-6H,1-2H3;1H;2H,1H2/b12-9-;;;. The summed E-state index contributed by atoms with van der Waals surface area (Å²) in [5.74, 6) is 3.54. The van der Waals surface area contributed by atoms with Crippen LogP contribution in [0.3, 0.4) is 0 Å². The third-order valence-electron chi connectivity index (χ3n) is 3.64. The summed E-state index contributed by atoms with van der Waals surface area (Å²) in [6, 6.07) is 14.4. The molecule has 2 aromatic carbocycles. The normalized spacial score (nSPS) is 9.57. The van der Waals surface area contributed by atoms with Crippen LogP contribution in [0, 0.1) is 0 Å². The molecule has 0 heterocycles. The fourth-order valence-corrected chi connectivity index (χ4v) is 1.99. The quantitative estimate of drug-likeness (QED) is 0.293. The molecule has 0 fully saturated rings. The van der Waals surface area contributed by atoms with Gasteiger partial charge in [-0.1, -0.05) is 65.8 Å². The molecule has 0 radical (unpaired) electrons. The zero-order chi connectivity index (χ0) is 21.0. The first kappa shape index (κ1) is 27.4. The maximum absolute atomic E-state index is 10.8. The van der Waals surface area contributed by atoms with Gasteiger partial charge in [0.15, 0.2) is 11.6 Å². The molecule has 0 saturated carbocycles. The molecule has 0 aliphatic carbocycles. The van der Waals surface area contributed by atoms with E-state index in [2.05, 4.69) is 17.6 Å². The molecule has 7 heteroatoms. The number of nitrogens with zero attached hydrogens (tertiary/aromatic N) is 1. The minimum Gasteiger partial charge on any atom is -0.411 e. The molecule has 0 saturated heterocycles. The number of benzene rings is 2. The Bertz CT molecular complexity index is 765. The molecule has 0 unspecified atom stereocenters. The Morgan fingerprint density at radius 3 is 1.29 bits per heavy atom. The first-order valence-electron chi connectivity index (χ1n) is 8.09.